The van der Waals surface area contributed by atoms with Crippen molar-refractivity contribution in [2.45, 2.75) is 5.79 Å². The van der Waals surface area contributed by atoms with Crippen molar-refractivity contribution in [1.82, 2.24) is 0 Å². The van der Waals surface area contributed by atoms with Crippen molar-refractivity contribution in [3.05, 3.63) is 31.7 Å². The van der Waals surface area contributed by atoms with Crippen LogP contribution in [0.15, 0.2) is 21.7 Å². The second-order valence-corrected chi connectivity index (χ2v) is 2.18. The first-order valence-electron chi connectivity index (χ1n) is 2.90. The summed E-state index contributed by atoms with van der Waals surface area (Å²) in [7, 11) is 0. The van der Waals surface area contributed by atoms with Crippen molar-refractivity contribution in [3.63, 3.8) is 0 Å². The first-order chi connectivity index (χ1) is 5.89. The fourth-order valence-corrected chi connectivity index (χ4v) is 0.666. The van der Waals surface area contributed by atoms with Gasteiger partial charge in [0.05, 0.1) is 10.0 Å². The van der Waals surface area contributed by atoms with E-state index in [1.54, 1.807) is 0 Å². The third-order valence-corrected chi connectivity index (χ3v) is 1.39. The first kappa shape index (κ1) is 8.99. The van der Waals surface area contributed by atoms with Gasteiger partial charge in [-0.05, 0) is 4.92 Å². The Morgan fingerprint density at radius 2 is 1.92 bits per heavy atom. The molecule has 0 aliphatic carbocycles. The molecular weight excluding hydrogens is 184 g/mol. The molecule has 1 rings (SSSR count). The van der Waals surface area contributed by atoms with Crippen LogP contribution in [0, 0.1) is 20.2 Å². The zero-order valence-electron chi connectivity index (χ0n) is 6.08. The molecule has 0 saturated carbocycles. The molecule has 0 amide bonds. The Morgan fingerprint density at radius 3 is 2.15 bits per heavy atom. The Labute approximate surface area is 70.2 Å². The molecule has 13 heavy (non-hydrogen) atoms. The van der Waals surface area contributed by atoms with Crippen molar-refractivity contribution in [2.24, 2.45) is 21.7 Å². The Hall–Kier alpha value is -2.10. The smallest absolute Gasteiger partial charge is 0.386 e. The molecule has 1 aliphatic rings. The second-order valence-electron chi connectivity index (χ2n) is 2.18. The van der Waals surface area contributed by atoms with Crippen LogP contribution in [0.4, 0.5) is 0 Å². The Kier molecular flexibility index (Phi) is 1.69. The van der Waals surface area contributed by atoms with Crippen molar-refractivity contribution in [2.75, 3.05) is 0 Å². The zero-order valence-corrected chi connectivity index (χ0v) is 6.08. The molecule has 0 fully saturated rings. The molecule has 0 aromatic carbocycles. The van der Waals surface area contributed by atoms with Gasteiger partial charge < -0.3 is 15.8 Å². The van der Waals surface area contributed by atoms with Gasteiger partial charge in [0.2, 0.25) is 5.70 Å². The topological polar surface area (TPSA) is 163 Å². The fourth-order valence-electron chi connectivity index (χ4n) is 0.666. The molecule has 10 heteroatoms. The maximum Gasteiger partial charge on any atom is 0.455 e. The molecule has 0 saturated heterocycles. The van der Waals surface area contributed by atoms with E-state index in [2.05, 4.69) is 10.2 Å². The quantitative estimate of drug-likeness (QED) is 0.312. The SMILES string of the molecule is NC1=C([N+](=O)[O-])N=NC1(N)[N+](=O)[O-]. The molecule has 4 N–H and O–H groups in total. The largest absolute Gasteiger partial charge is 0.455 e. The molecule has 1 unspecified atom stereocenters. The molecule has 70 valence electrons. The lowest BCUT2D eigenvalue weighted by Crippen LogP contribution is -2.49. The van der Waals surface area contributed by atoms with Crippen LogP contribution in [0.25, 0.3) is 0 Å². The maximum atomic E-state index is 10.3. The third kappa shape index (κ3) is 1.08. The number of rotatable bonds is 2. The van der Waals surface area contributed by atoms with E-state index in [0.29, 0.717) is 0 Å². The highest BCUT2D eigenvalue weighted by Crippen LogP contribution is 2.24. The summed E-state index contributed by atoms with van der Waals surface area (Å²) in [5.41, 5.74) is 9.29. The molecule has 0 aromatic heterocycles. The summed E-state index contributed by atoms with van der Waals surface area (Å²) >= 11 is 0. The van der Waals surface area contributed by atoms with Gasteiger partial charge in [-0.15, -0.1) is 0 Å². The van der Waals surface area contributed by atoms with Gasteiger partial charge in [0.25, 0.3) is 0 Å². The van der Waals surface area contributed by atoms with E-state index in [4.69, 9.17) is 11.5 Å². The summed E-state index contributed by atoms with van der Waals surface area (Å²) in [6.07, 6.45) is 0. The van der Waals surface area contributed by atoms with Crippen molar-refractivity contribution < 1.29 is 9.85 Å². The Balaban J connectivity index is 3.20. The molecule has 0 radical (unpaired) electrons. The average Bonchev–Trinajstić information content (AvgIpc) is 2.30. The summed E-state index contributed by atoms with van der Waals surface area (Å²) in [4.78, 5) is 18.4. The predicted octanol–water partition coefficient (Wildman–Crippen LogP) is -1.25. The van der Waals surface area contributed by atoms with Gasteiger partial charge in [0.1, 0.15) is 0 Å². The molecule has 1 heterocycles. The first-order valence-corrected chi connectivity index (χ1v) is 2.90. The summed E-state index contributed by atoms with van der Waals surface area (Å²) in [5.74, 6) is -3.39. The van der Waals surface area contributed by atoms with E-state index in [0.717, 1.165) is 0 Å². The van der Waals surface area contributed by atoms with Crippen LogP contribution in [0.5, 0.6) is 0 Å². The normalized spacial score (nSPS) is 26.5. The lowest BCUT2D eigenvalue weighted by Gasteiger charge is -2.06. The minimum absolute atomic E-state index is 0.775. The highest BCUT2D eigenvalue weighted by molar-refractivity contribution is 5.16. The number of hydrogen-bond acceptors (Lipinski definition) is 8. The van der Waals surface area contributed by atoms with Crippen molar-refractivity contribution in [1.29, 1.82) is 0 Å². The van der Waals surface area contributed by atoms with E-state index in [1.807, 2.05) is 0 Å². The molecular formula is C3H4N6O4. The predicted molar refractivity (Wildman–Crippen MR) is 37.0 cm³/mol. The Morgan fingerprint density at radius 1 is 1.38 bits per heavy atom. The van der Waals surface area contributed by atoms with Crippen LogP contribution in [0.1, 0.15) is 0 Å². The molecule has 0 bridgehead atoms. The highest BCUT2D eigenvalue weighted by atomic mass is 16.6. The average molecular weight is 188 g/mol. The van der Waals surface area contributed by atoms with Gasteiger partial charge in [-0.1, -0.05) is 0 Å². The van der Waals surface area contributed by atoms with Gasteiger partial charge in [-0.25, -0.2) is 5.73 Å². The fraction of sp³-hybridized carbons (Fsp3) is 0.333. The van der Waals surface area contributed by atoms with E-state index in [-0.39, 0.29) is 0 Å². The summed E-state index contributed by atoms with van der Waals surface area (Å²) in [6.45, 7) is 0. The van der Waals surface area contributed by atoms with E-state index in [9.17, 15) is 20.2 Å². The minimum atomic E-state index is -2.50. The lowest BCUT2D eigenvalue weighted by molar-refractivity contribution is -0.556. The number of nitro groups is 2. The van der Waals surface area contributed by atoms with Gasteiger partial charge in [0.15, 0.2) is 0 Å². The van der Waals surface area contributed by atoms with Gasteiger partial charge >= 0.3 is 11.6 Å². The molecule has 0 spiro atoms. The number of nitrogens with two attached hydrogens (primary N) is 2. The van der Waals surface area contributed by atoms with Crippen molar-refractivity contribution in [3.8, 4) is 0 Å². The Bertz CT molecular complexity index is 346. The third-order valence-electron chi connectivity index (χ3n) is 1.39. The summed E-state index contributed by atoms with van der Waals surface area (Å²) in [5, 5.41) is 26.3. The number of azo groups is 1. The van der Waals surface area contributed by atoms with Crippen LogP contribution in [-0.2, 0) is 0 Å². The summed E-state index contributed by atoms with van der Waals surface area (Å²) in [6, 6.07) is 0. The van der Waals surface area contributed by atoms with Crippen LogP contribution in [0.3, 0.4) is 0 Å². The van der Waals surface area contributed by atoms with E-state index in [1.165, 1.54) is 0 Å². The highest BCUT2D eigenvalue weighted by Gasteiger charge is 2.54. The monoisotopic (exact) mass is 188 g/mol. The zero-order chi connectivity index (χ0) is 10.2. The van der Waals surface area contributed by atoms with Crippen LogP contribution >= 0.6 is 0 Å². The van der Waals surface area contributed by atoms with Crippen LogP contribution < -0.4 is 11.5 Å². The van der Waals surface area contributed by atoms with Crippen molar-refractivity contribution >= 4 is 0 Å². The number of nitrogens with zero attached hydrogens (tertiary/aromatic N) is 4. The summed E-state index contributed by atoms with van der Waals surface area (Å²) < 4.78 is 0. The molecule has 10 nitrogen and oxygen atoms in total. The molecule has 1 atom stereocenters. The lowest BCUT2D eigenvalue weighted by atomic mass is 10.3. The van der Waals surface area contributed by atoms with Gasteiger partial charge in [-0.2, -0.15) is 0 Å². The van der Waals surface area contributed by atoms with Crippen LogP contribution in [0.2, 0.25) is 0 Å². The molecule has 1 aliphatic heterocycles. The standard InChI is InChI=1S/C3H4N6O4/c4-1-2(8(10)11)6-7-3(1,5)9(12)13/h4-5H2. The second kappa shape index (κ2) is 2.45. The number of hydrogen-bond donors (Lipinski definition) is 2. The molecule has 0 aromatic rings. The van der Waals surface area contributed by atoms with Gasteiger partial charge in [0, 0.05) is 5.11 Å². The van der Waals surface area contributed by atoms with E-state index >= 15 is 0 Å². The van der Waals surface area contributed by atoms with Gasteiger partial charge in [-0.3, -0.25) is 10.1 Å². The van der Waals surface area contributed by atoms with E-state index < -0.39 is 27.2 Å². The minimum Gasteiger partial charge on any atom is -0.386 e. The van der Waals surface area contributed by atoms with Crippen LogP contribution in [-0.4, -0.2) is 15.6 Å². The maximum absolute atomic E-state index is 10.3.